The first-order valence-corrected chi connectivity index (χ1v) is 7.27. The molecule has 2 atom stereocenters. The zero-order valence-electron chi connectivity index (χ0n) is 11.5. The number of rotatable bonds is 5. The van der Waals surface area contributed by atoms with Crippen molar-refractivity contribution in [1.29, 1.82) is 0 Å². The molecule has 21 heavy (non-hydrogen) atoms. The Morgan fingerprint density at radius 3 is 2.19 bits per heavy atom. The van der Waals surface area contributed by atoms with E-state index in [1.54, 1.807) is 12.1 Å². The van der Waals surface area contributed by atoms with E-state index in [0.29, 0.717) is 5.75 Å². The molecule has 0 aliphatic heterocycles. The average molecular weight is 350 g/mol. The summed E-state index contributed by atoms with van der Waals surface area (Å²) in [5, 5.41) is 8.88. The number of halogens is 1. The number of carbonyl (C=O) groups is 1. The van der Waals surface area contributed by atoms with Gasteiger partial charge in [0.25, 0.3) is 0 Å². The number of nitrogens with two attached hydrogens (primary N) is 1. The van der Waals surface area contributed by atoms with Crippen LogP contribution in [0.4, 0.5) is 0 Å². The van der Waals surface area contributed by atoms with Crippen LogP contribution >= 0.6 is 15.9 Å². The Hall–Kier alpha value is -1.85. The van der Waals surface area contributed by atoms with Gasteiger partial charge in [0.15, 0.2) is 0 Å². The van der Waals surface area contributed by atoms with Gasteiger partial charge in [-0.1, -0.05) is 28.1 Å². The fraction of sp³-hybridized carbons (Fsp3) is 0.188. The van der Waals surface area contributed by atoms with Crippen molar-refractivity contribution in [3.8, 4) is 5.75 Å². The van der Waals surface area contributed by atoms with Crippen molar-refractivity contribution in [2.24, 2.45) is 5.73 Å². The number of hydrogen-bond donors (Lipinski definition) is 2. The van der Waals surface area contributed by atoms with Crippen molar-refractivity contribution in [2.75, 3.05) is 0 Å². The van der Waals surface area contributed by atoms with Crippen LogP contribution in [-0.2, 0) is 0 Å². The first-order valence-electron chi connectivity index (χ1n) is 6.48. The Balaban J connectivity index is 2.20. The highest BCUT2D eigenvalue weighted by Gasteiger charge is 2.18. The number of carboxylic acid groups (broad SMARTS) is 1. The first kappa shape index (κ1) is 15.5. The van der Waals surface area contributed by atoms with Crippen molar-refractivity contribution < 1.29 is 14.6 Å². The highest BCUT2D eigenvalue weighted by atomic mass is 79.9. The van der Waals surface area contributed by atoms with Crippen molar-refractivity contribution in [3.05, 3.63) is 64.1 Å². The third-order valence-electron chi connectivity index (χ3n) is 3.04. The number of carboxylic acids is 1. The molecule has 2 aromatic rings. The van der Waals surface area contributed by atoms with Gasteiger partial charge in [0.1, 0.15) is 11.9 Å². The summed E-state index contributed by atoms with van der Waals surface area (Å²) in [6.07, 6.45) is -0.297. The number of aromatic carboxylic acids is 1. The Morgan fingerprint density at radius 1 is 1.14 bits per heavy atom. The highest BCUT2D eigenvalue weighted by Crippen LogP contribution is 2.25. The van der Waals surface area contributed by atoms with Crippen molar-refractivity contribution in [1.82, 2.24) is 0 Å². The van der Waals surface area contributed by atoms with E-state index >= 15 is 0 Å². The summed E-state index contributed by atoms with van der Waals surface area (Å²) < 4.78 is 6.89. The quantitative estimate of drug-likeness (QED) is 0.864. The summed E-state index contributed by atoms with van der Waals surface area (Å²) in [6.45, 7) is 1.87. The maximum atomic E-state index is 10.8. The molecule has 110 valence electrons. The molecule has 0 aromatic heterocycles. The summed E-state index contributed by atoms with van der Waals surface area (Å²) >= 11 is 3.39. The minimum absolute atomic E-state index is 0.203. The maximum Gasteiger partial charge on any atom is 0.335 e. The number of ether oxygens (including phenoxy) is 1. The molecular weight excluding hydrogens is 334 g/mol. The molecule has 0 spiro atoms. The van der Waals surface area contributed by atoms with E-state index in [1.165, 1.54) is 12.1 Å². The second-order valence-corrected chi connectivity index (χ2v) is 5.69. The fourth-order valence-electron chi connectivity index (χ4n) is 1.95. The van der Waals surface area contributed by atoms with Gasteiger partial charge in [-0.2, -0.15) is 0 Å². The Morgan fingerprint density at radius 2 is 1.71 bits per heavy atom. The van der Waals surface area contributed by atoms with Gasteiger partial charge in [0.2, 0.25) is 0 Å². The van der Waals surface area contributed by atoms with E-state index in [2.05, 4.69) is 15.9 Å². The molecule has 0 bridgehead atoms. The van der Waals surface area contributed by atoms with Gasteiger partial charge >= 0.3 is 5.97 Å². The van der Waals surface area contributed by atoms with Crippen LogP contribution in [0.2, 0.25) is 0 Å². The van der Waals surface area contributed by atoms with Crippen LogP contribution in [0, 0.1) is 0 Å². The van der Waals surface area contributed by atoms with Crippen molar-refractivity contribution in [3.63, 3.8) is 0 Å². The van der Waals surface area contributed by atoms with Crippen LogP contribution in [-0.4, -0.2) is 17.1 Å². The molecule has 0 amide bonds. The van der Waals surface area contributed by atoms with Gasteiger partial charge < -0.3 is 15.6 Å². The summed E-state index contributed by atoms with van der Waals surface area (Å²) in [6, 6.07) is 13.9. The van der Waals surface area contributed by atoms with Crippen LogP contribution in [0.15, 0.2) is 53.0 Å². The Bertz CT molecular complexity index is 608. The van der Waals surface area contributed by atoms with Gasteiger partial charge in [-0.3, -0.25) is 0 Å². The molecule has 0 heterocycles. The highest BCUT2D eigenvalue weighted by molar-refractivity contribution is 9.10. The second-order valence-electron chi connectivity index (χ2n) is 4.78. The monoisotopic (exact) mass is 349 g/mol. The topological polar surface area (TPSA) is 72.5 Å². The molecule has 4 nitrogen and oxygen atoms in total. The molecule has 2 aromatic carbocycles. The van der Waals surface area contributed by atoms with Crippen molar-refractivity contribution in [2.45, 2.75) is 19.1 Å². The van der Waals surface area contributed by atoms with Crippen LogP contribution in [0.5, 0.6) is 5.75 Å². The van der Waals surface area contributed by atoms with Gasteiger partial charge in [-0.15, -0.1) is 0 Å². The predicted molar refractivity (Wildman–Crippen MR) is 84.6 cm³/mol. The Kier molecular flexibility index (Phi) is 4.98. The second kappa shape index (κ2) is 6.74. The molecular formula is C16H16BrNO3. The maximum absolute atomic E-state index is 10.8. The van der Waals surface area contributed by atoms with E-state index < -0.39 is 5.97 Å². The summed E-state index contributed by atoms with van der Waals surface area (Å²) in [4.78, 5) is 10.8. The third kappa shape index (κ3) is 4.06. The lowest BCUT2D eigenvalue weighted by Crippen LogP contribution is -2.29. The van der Waals surface area contributed by atoms with E-state index in [-0.39, 0.29) is 17.7 Å². The minimum Gasteiger partial charge on any atom is -0.484 e. The molecule has 1 unspecified atom stereocenters. The van der Waals surface area contributed by atoms with Crippen LogP contribution in [0.3, 0.4) is 0 Å². The van der Waals surface area contributed by atoms with Crippen LogP contribution < -0.4 is 10.5 Å². The molecule has 0 radical (unpaired) electrons. The summed E-state index contributed by atoms with van der Waals surface area (Å²) in [7, 11) is 0. The lowest BCUT2D eigenvalue weighted by molar-refractivity contribution is 0.0697. The fourth-order valence-corrected chi connectivity index (χ4v) is 2.22. The van der Waals surface area contributed by atoms with Gasteiger partial charge in [0.05, 0.1) is 5.56 Å². The number of benzene rings is 2. The number of hydrogen-bond acceptors (Lipinski definition) is 3. The first-order chi connectivity index (χ1) is 9.97. The van der Waals surface area contributed by atoms with E-state index in [9.17, 15) is 4.79 Å². The summed E-state index contributed by atoms with van der Waals surface area (Å²) in [5.74, 6) is -0.372. The molecule has 0 saturated heterocycles. The third-order valence-corrected chi connectivity index (χ3v) is 3.57. The van der Waals surface area contributed by atoms with Crippen LogP contribution in [0.25, 0.3) is 0 Å². The SMILES string of the molecule is CC(N)[C@H](Oc1ccc(C(=O)O)cc1)c1ccc(Br)cc1. The summed E-state index contributed by atoms with van der Waals surface area (Å²) in [5.41, 5.74) is 7.20. The lowest BCUT2D eigenvalue weighted by atomic mass is 10.0. The minimum atomic E-state index is -0.960. The molecule has 3 N–H and O–H groups in total. The Labute approximate surface area is 131 Å². The lowest BCUT2D eigenvalue weighted by Gasteiger charge is -2.23. The molecule has 0 fully saturated rings. The van der Waals surface area contributed by atoms with Gasteiger partial charge in [-0.25, -0.2) is 4.79 Å². The van der Waals surface area contributed by atoms with Gasteiger partial charge in [0, 0.05) is 10.5 Å². The predicted octanol–water partition coefficient (Wildman–Crippen LogP) is 3.61. The van der Waals surface area contributed by atoms with E-state index in [4.69, 9.17) is 15.6 Å². The zero-order chi connectivity index (χ0) is 15.4. The van der Waals surface area contributed by atoms with Crippen LogP contribution in [0.1, 0.15) is 28.9 Å². The van der Waals surface area contributed by atoms with E-state index in [1.807, 2.05) is 31.2 Å². The molecule has 0 saturated carbocycles. The zero-order valence-corrected chi connectivity index (χ0v) is 13.1. The molecule has 0 aliphatic carbocycles. The largest absolute Gasteiger partial charge is 0.484 e. The standard InChI is InChI=1S/C16H16BrNO3/c1-10(18)15(11-2-6-13(17)7-3-11)21-14-8-4-12(5-9-14)16(19)20/h2-10,15H,18H2,1H3,(H,19,20)/t10?,15-/m0/s1. The molecule has 2 rings (SSSR count). The van der Waals surface area contributed by atoms with Gasteiger partial charge in [-0.05, 0) is 48.9 Å². The average Bonchev–Trinajstić information content (AvgIpc) is 2.46. The van der Waals surface area contributed by atoms with E-state index in [0.717, 1.165) is 10.0 Å². The molecule has 0 aliphatic rings. The normalized spacial score (nSPS) is 13.5. The van der Waals surface area contributed by atoms with Crippen molar-refractivity contribution >= 4 is 21.9 Å². The smallest absolute Gasteiger partial charge is 0.335 e. The molecule has 5 heteroatoms.